The van der Waals surface area contributed by atoms with E-state index in [4.69, 9.17) is 57.7 Å². The van der Waals surface area contributed by atoms with Gasteiger partial charge >= 0.3 is 76.8 Å². The molecule has 96 valence electrons. The minimum Gasteiger partial charge on any atom is -0.822 e. The van der Waals surface area contributed by atoms with Crippen molar-refractivity contribution < 1.29 is 117 Å². The predicted molar refractivity (Wildman–Crippen MR) is 28.6 cm³/mol. The third-order valence-corrected chi connectivity index (χ3v) is 0. The molecule has 0 spiro atoms. The van der Waals surface area contributed by atoms with Crippen LogP contribution < -0.4 is 81.8 Å². The maximum atomic E-state index is 8.55. The normalized spacial score (nSPS) is 9.32. The van der Waals surface area contributed by atoms with Crippen molar-refractivity contribution in [2.75, 3.05) is 0 Å². The monoisotopic (exact) mass is 374 g/mol. The van der Waals surface area contributed by atoms with Gasteiger partial charge in [-0.3, -0.25) is 0 Å². The molecule has 0 aliphatic rings. The van der Waals surface area contributed by atoms with Gasteiger partial charge in [0.05, 0.1) is 0 Å². The summed E-state index contributed by atoms with van der Waals surface area (Å²) in [6, 6.07) is 0. The van der Waals surface area contributed by atoms with Gasteiger partial charge in [0.1, 0.15) is 0 Å². The standard InChI is InChI=1S/Al.2Li.3H3O4P.Ti/c;;;3*1-5(2,3)4;/h;;;3*(H3,1,2,3,4);/q+3;2*+1;;;;+4/p-9. The van der Waals surface area contributed by atoms with Crippen LogP contribution in [0.3, 0.4) is 0 Å². The SMILES string of the molecule is O=P([O-])([O-])[O-].O=P([O-])([O-])[O-].O=P([O-])([O-])[O-].[Al+3].[Li+].[Li+].[Ti+4]. The van der Waals surface area contributed by atoms with E-state index in [0.29, 0.717) is 0 Å². The zero-order valence-corrected chi connectivity index (χ0v) is 14.7. The van der Waals surface area contributed by atoms with Crippen molar-refractivity contribution in [3.8, 4) is 0 Å². The molecule has 12 nitrogen and oxygen atoms in total. The molecule has 0 rings (SSSR count). The molecule has 0 aromatic rings. The molecule has 0 aromatic carbocycles. The largest absolute Gasteiger partial charge is 4.00 e. The summed E-state index contributed by atoms with van der Waals surface area (Å²) < 4.78 is 25.6. The second kappa shape index (κ2) is 18.8. The quantitative estimate of drug-likeness (QED) is 0.283. The Kier molecular flexibility index (Phi) is 42.6. The molecule has 0 aliphatic carbocycles. The van der Waals surface area contributed by atoms with Crippen LogP contribution >= 0.6 is 23.5 Å². The van der Waals surface area contributed by atoms with E-state index in [1.165, 1.54) is 0 Å². The van der Waals surface area contributed by atoms with Gasteiger partial charge in [-0.05, 0) is 0 Å². The summed E-state index contributed by atoms with van der Waals surface area (Å²) in [5.41, 5.74) is 0. The van der Waals surface area contributed by atoms with Gasteiger partial charge in [0.2, 0.25) is 0 Å². The smallest absolute Gasteiger partial charge is 0.822 e. The van der Waals surface area contributed by atoms with Crippen molar-refractivity contribution in [1.29, 1.82) is 0 Å². The minimum atomic E-state index is -5.39. The predicted octanol–water partition coefficient (Wildman–Crippen LogP) is -14.8. The zero-order valence-electron chi connectivity index (χ0n) is 9.32. The van der Waals surface area contributed by atoms with Gasteiger partial charge in [-0.2, -0.15) is 23.5 Å². The molecule has 0 aliphatic heterocycles. The second-order valence-corrected chi connectivity index (χ2v) is 4.02. The molecule has 0 saturated heterocycles. The first kappa shape index (κ1) is 43.1. The second-order valence-electron chi connectivity index (χ2n) is 1.34. The fourth-order valence-electron chi connectivity index (χ4n) is 0. The molecule has 0 unspecified atom stereocenters. The van der Waals surface area contributed by atoms with E-state index in [2.05, 4.69) is 0 Å². The Hall–Kier alpha value is 2.77. The molecule has 0 N–H and O–H groups in total. The Bertz CT molecular complexity index is 217. The van der Waals surface area contributed by atoms with Crippen LogP contribution in [0.2, 0.25) is 0 Å². The Labute approximate surface area is 157 Å². The third-order valence-electron chi connectivity index (χ3n) is 0. The minimum absolute atomic E-state index is 0. The van der Waals surface area contributed by atoms with E-state index in [0.717, 1.165) is 0 Å². The summed E-state index contributed by atoms with van der Waals surface area (Å²) in [5, 5.41) is 0. The number of hydrogen-bond acceptors (Lipinski definition) is 12. The molecule has 0 atom stereocenters. The van der Waals surface area contributed by atoms with E-state index < -0.39 is 23.5 Å². The van der Waals surface area contributed by atoms with Crippen LogP contribution in [0.4, 0.5) is 0 Å². The summed E-state index contributed by atoms with van der Waals surface area (Å²) in [6.45, 7) is 0. The first-order chi connectivity index (χ1) is 6.00. The molecule has 0 amide bonds. The first-order valence-corrected chi connectivity index (χ1v) is 6.57. The van der Waals surface area contributed by atoms with Crippen LogP contribution in [0.25, 0.3) is 0 Å². The van der Waals surface area contributed by atoms with Crippen LogP contribution in [0.5, 0.6) is 0 Å². The maximum Gasteiger partial charge on any atom is 4.00 e. The summed E-state index contributed by atoms with van der Waals surface area (Å²) in [4.78, 5) is 76.9. The number of hydrogen-bond donors (Lipinski definition) is 0. The topological polar surface area (TPSA) is 259 Å². The third kappa shape index (κ3) is 953. The van der Waals surface area contributed by atoms with Crippen molar-refractivity contribution in [3.63, 3.8) is 0 Å². The molecule has 0 bridgehead atoms. The summed E-state index contributed by atoms with van der Waals surface area (Å²) in [5.74, 6) is 0. The Balaban J connectivity index is -0.0000000206. The molecular weight excluding hydrogens is 374 g/mol. The Morgan fingerprint density at radius 2 is 0.474 bits per heavy atom. The van der Waals surface area contributed by atoms with Crippen molar-refractivity contribution >= 4 is 40.8 Å². The molecule has 19 heteroatoms. The molecular formula is AlLi2O12P3Ti. The van der Waals surface area contributed by atoms with E-state index >= 15 is 0 Å². The molecule has 0 heterocycles. The number of rotatable bonds is 0. The average Bonchev–Trinajstić information content (AvgIpc) is 1.41. The molecule has 19 heavy (non-hydrogen) atoms. The van der Waals surface area contributed by atoms with Crippen LogP contribution in [0, 0.1) is 0 Å². The summed E-state index contributed by atoms with van der Waals surface area (Å²) in [6.07, 6.45) is 0. The van der Waals surface area contributed by atoms with Gasteiger partial charge in [-0.15, -0.1) is 0 Å². The first-order valence-electron chi connectivity index (χ1n) is 2.19. The van der Waals surface area contributed by atoms with Gasteiger partial charge in [-0.1, -0.05) is 0 Å². The van der Waals surface area contributed by atoms with E-state index in [-0.39, 0.29) is 76.8 Å². The van der Waals surface area contributed by atoms with Gasteiger partial charge in [0.15, 0.2) is 0 Å². The van der Waals surface area contributed by atoms with Gasteiger partial charge in [0.25, 0.3) is 0 Å². The van der Waals surface area contributed by atoms with E-state index in [1.54, 1.807) is 0 Å². The van der Waals surface area contributed by atoms with E-state index in [9.17, 15) is 0 Å². The van der Waals surface area contributed by atoms with Crippen LogP contribution in [-0.2, 0) is 35.4 Å². The summed E-state index contributed by atoms with van der Waals surface area (Å²) in [7, 11) is -16.2. The van der Waals surface area contributed by atoms with Crippen LogP contribution in [-0.4, -0.2) is 17.4 Å². The molecule has 0 fully saturated rings. The molecule has 0 radical (unpaired) electrons. The summed E-state index contributed by atoms with van der Waals surface area (Å²) >= 11 is 0. The maximum absolute atomic E-state index is 8.55. The van der Waals surface area contributed by atoms with E-state index in [1.807, 2.05) is 0 Å². The molecule has 0 saturated carbocycles. The van der Waals surface area contributed by atoms with Gasteiger partial charge in [-0.25, -0.2) is 0 Å². The van der Waals surface area contributed by atoms with Crippen LogP contribution in [0.15, 0.2) is 0 Å². The Morgan fingerprint density at radius 3 is 0.474 bits per heavy atom. The van der Waals surface area contributed by atoms with Crippen molar-refractivity contribution in [2.45, 2.75) is 0 Å². The van der Waals surface area contributed by atoms with Gasteiger partial charge in [0, 0.05) is 0 Å². The van der Waals surface area contributed by atoms with Gasteiger partial charge < -0.3 is 57.7 Å². The van der Waals surface area contributed by atoms with Crippen LogP contribution in [0.1, 0.15) is 0 Å². The fraction of sp³-hybridized carbons (Fsp3) is 0. The zero-order chi connectivity index (χ0) is 13.5. The van der Waals surface area contributed by atoms with Crippen molar-refractivity contribution in [2.24, 2.45) is 0 Å². The Morgan fingerprint density at radius 1 is 0.474 bits per heavy atom. The molecule has 0 aromatic heterocycles. The average molecular weight is 374 g/mol. The fourth-order valence-corrected chi connectivity index (χ4v) is 0. The number of phosphoric acid groups is 3. The van der Waals surface area contributed by atoms with Crippen molar-refractivity contribution in [3.05, 3.63) is 0 Å². The van der Waals surface area contributed by atoms with Crippen molar-refractivity contribution in [1.82, 2.24) is 0 Å².